The van der Waals surface area contributed by atoms with Crippen LogP contribution in [0.2, 0.25) is 0 Å². The van der Waals surface area contributed by atoms with Crippen LogP contribution in [0.3, 0.4) is 0 Å². The molecule has 5 nitrogen and oxygen atoms in total. The van der Waals surface area contributed by atoms with Gasteiger partial charge in [-0.05, 0) is 12.0 Å². The predicted molar refractivity (Wildman–Crippen MR) is 87.7 cm³/mol. The van der Waals surface area contributed by atoms with Gasteiger partial charge in [0, 0.05) is 13.1 Å². The summed E-state index contributed by atoms with van der Waals surface area (Å²) in [6, 6.07) is 9.77. The molecule has 22 heavy (non-hydrogen) atoms. The summed E-state index contributed by atoms with van der Waals surface area (Å²) in [5.41, 5.74) is 1.38. The van der Waals surface area contributed by atoms with E-state index in [1.54, 1.807) is 6.20 Å². The van der Waals surface area contributed by atoms with E-state index < -0.39 is 0 Å². The predicted octanol–water partition coefficient (Wildman–Crippen LogP) is 3.01. The maximum atomic E-state index is 12.0. The number of nitrogens with zero attached hydrogens (tertiary/aromatic N) is 2. The molecule has 1 aromatic carbocycles. The minimum absolute atomic E-state index is 0.214. The Morgan fingerprint density at radius 2 is 1.91 bits per heavy atom. The highest BCUT2D eigenvalue weighted by Crippen LogP contribution is 2.03. The van der Waals surface area contributed by atoms with Crippen molar-refractivity contribution in [1.82, 2.24) is 15.3 Å². The van der Waals surface area contributed by atoms with E-state index in [1.165, 1.54) is 19.0 Å². The maximum absolute atomic E-state index is 12.0. The molecule has 0 radical (unpaired) electrons. The molecule has 2 rings (SSSR count). The third kappa shape index (κ3) is 5.16. The summed E-state index contributed by atoms with van der Waals surface area (Å²) in [6.07, 6.45) is 6.59. The van der Waals surface area contributed by atoms with Crippen molar-refractivity contribution in [3.05, 3.63) is 54.0 Å². The Morgan fingerprint density at radius 1 is 1.09 bits per heavy atom. The first-order valence-corrected chi connectivity index (χ1v) is 7.67. The summed E-state index contributed by atoms with van der Waals surface area (Å²) in [6.45, 7) is 3.53. The molecule has 1 heterocycles. The maximum Gasteiger partial charge on any atom is 0.271 e. The van der Waals surface area contributed by atoms with Gasteiger partial charge in [-0.1, -0.05) is 50.1 Å². The average molecular weight is 298 g/mol. The number of aromatic nitrogens is 2. The molecule has 0 saturated heterocycles. The monoisotopic (exact) mass is 298 g/mol. The topological polar surface area (TPSA) is 66.9 Å². The Hall–Kier alpha value is -2.43. The van der Waals surface area contributed by atoms with Gasteiger partial charge in [0.05, 0.1) is 12.4 Å². The molecule has 0 aliphatic rings. The minimum atomic E-state index is -0.214. The smallest absolute Gasteiger partial charge is 0.271 e. The van der Waals surface area contributed by atoms with Crippen molar-refractivity contribution >= 4 is 11.7 Å². The van der Waals surface area contributed by atoms with Gasteiger partial charge in [-0.2, -0.15) is 0 Å². The zero-order valence-corrected chi connectivity index (χ0v) is 12.9. The Balaban J connectivity index is 1.80. The molecule has 1 aromatic heterocycles. The molecule has 1 amide bonds. The molecule has 0 fully saturated rings. The SMILES string of the molecule is CCCCCNc1cnc(C(=O)NCc2ccccc2)cn1. The second kappa shape index (κ2) is 8.77. The van der Waals surface area contributed by atoms with Gasteiger partial charge in [-0.15, -0.1) is 0 Å². The van der Waals surface area contributed by atoms with Crippen molar-refractivity contribution in [3.8, 4) is 0 Å². The van der Waals surface area contributed by atoms with Gasteiger partial charge in [0.2, 0.25) is 0 Å². The number of rotatable bonds is 8. The molecule has 0 unspecified atom stereocenters. The van der Waals surface area contributed by atoms with E-state index in [4.69, 9.17) is 0 Å². The van der Waals surface area contributed by atoms with Crippen LogP contribution in [0.15, 0.2) is 42.7 Å². The fourth-order valence-electron chi connectivity index (χ4n) is 2.00. The fraction of sp³-hybridized carbons (Fsp3) is 0.353. The first kappa shape index (κ1) is 15.9. The Bertz CT molecular complexity index is 569. The molecule has 0 aliphatic heterocycles. The number of benzene rings is 1. The van der Waals surface area contributed by atoms with E-state index >= 15 is 0 Å². The van der Waals surface area contributed by atoms with Crippen LogP contribution in [0.25, 0.3) is 0 Å². The molecule has 0 aliphatic carbocycles. The standard InChI is InChI=1S/C17H22N4O/c1-2-3-7-10-18-16-13-19-15(12-20-16)17(22)21-11-14-8-5-4-6-9-14/h4-6,8-9,12-13H,2-3,7,10-11H2,1H3,(H,18,20)(H,21,22). The highest BCUT2D eigenvalue weighted by Gasteiger charge is 2.07. The van der Waals surface area contributed by atoms with E-state index in [2.05, 4.69) is 27.5 Å². The van der Waals surface area contributed by atoms with Crippen LogP contribution in [0, 0.1) is 0 Å². The van der Waals surface area contributed by atoms with Crippen LogP contribution in [-0.4, -0.2) is 22.4 Å². The van der Waals surface area contributed by atoms with Crippen molar-refractivity contribution < 1.29 is 4.79 Å². The Morgan fingerprint density at radius 3 is 2.59 bits per heavy atom. The molecular formula is C17H22N4O. The van der Waals surface area contributed by atoms with Crippen LogP contribution in [0.1, 0.15) is 42.2 Å². The molecule has 2 aromatic rings. The van der Waals surface area contributed by atoms with Gasteiger partial charge in [-0.3, -0.25) is 4.79 Å². The number of unbranched alkanes of at least 4 members (excludes halogenated alkanes) is 2. The molecule has 0 atom stereocenters. The molecule has 0 bridgehead atoms. The average Bonchev–Trinajstić information content (AvgIpc) is 2.58. The number of amides is 1. The highest BCUT2D eigenvalue weighted by atomic mass is 16.1. The van der Waals surface area contributed by atoms with Gasteiger partial charge in [0.25, 0.3) is 5.91 Å². The van der Waals surface area contributed by atoms with Crippen molar-refractivity contribution in [2.24, 2.45) is 0 Å². The van der Waals surface area contributed by atoms with Gasteiger partial charge in [-0.25, -0.2) is 9.97 Å². The lowest BCUT2D eigenvalue weighted by atomic mass is 10.2. The molecule has 0 saturated carbocycles. The zero-order chi connectivity index (χ0) is 15.6. The molecule has 2 N–H and O–H groups in total. The molecule has 0 spiro atoms. The third-order valence-corrected chi connectivity index (χ3v) is 3.27. The minimum Gasteiger partial charge on any atom is -0.369 e. The van der Waals surface area contributed by atoms with Gasteiger partial charge >= 0.3 is 0 Å². The fourth-order valence-corrected chi connectivity index (χ4v) is 2.00. The largest absolute Gasteiger partial charge is 0.369 e. The van der Waals surface area contributed by atoms with Crippen molar-refractivity contribution in [1.29, 1.82) is 0 Å². The number of carbonyl (C=O) groups is 1. The van der Waals surface area contributed by atoms with Gasteiger partial charge < -0.3 is 10.6 Å². The van der Waals surface area contributed by atoms with Crippen LogP contribution in [-0.2, 0) is 6.54 Å². The summed E-state index contributed by atoms with van der Waals surface area (Å²) in [4.78, 5) is 20.4. The van der Waals surface area contributed by atoms with Crippen molar-refractivity contribution in [2.75, 3.05) is 11.9 Å². The lowest BCUT2D eigenvalue weighted by Crippen LogP contribution is -2.24. The van der Waals surface area contributed by atoms with E-state index in [9.17, 15) is 4.79 Å². The summed E-state index contributed by atoms with van der Waals surface area (Å²) >= 11 is 0. The molecular weight excluding hydrogens is 276 g/mol. The number of hydrogen-bond acceptors (Lipinski definition) is 4. The lowest BCUT2D eigenvalue weighted by Gasteiger charge is -2.06. The van der Waals surface area contributed by atoms with Crippen molar-refractivity contribution in [2.45, 2.75) is 32.7 Å². The number of carbonyl (C=O) groups excluding carboxylic acids is 1. The lowest BCUT2D eigenvalue weighted by molar-refractivity contribution is 0.0945. The van der Waals surface area contributed by atoms with Gasteiger partial charge in [0.15, 0.2) is 0 Å². The molecule has 116 valence electrons. The second-order valence-corrected chi connectivity index (χ2v) is 5.09. The first-order chi connectivity index (χ1) is 10.8. The van der Waals surface area contributed by atoms with E-state index in [-0.39, 0.29) is 5.91 Å². The summed E-state index contributed by atoms with van der Waals surface area (Å²) < 4.78 is 0. The third-order valence-electron chi connectivity index (χ3n) is 3.27. The summed E-state index contributed by atoms with van der Waals surface area (Å²) in [5, 5.41) is 6.03. The number of hydrogen-bond donors (Lipinski definition) is 2. The Kier molecular flexibility index (Phi) is 6.36. The Labute approximate surface area is 131 Å². The van der Waals surface area contributed by atoms with Crippen molar-refractivity contribution in [3.63, 3.8) is 0 Å². The zero-order valence-electron chi connectivity index (χ0n) is 12.9. The first-order valence-electron chi connectivity index (χ1n) is 7.67. The van der Waals surface area contributed by atoms with E-state index in [1.807, 2.05) is 30.3 Å². The summed E-state index contributed by atoms with van der Waals surface area (Å²) in [7, 11) is 0. The quantitative estimate of drug-likeness (QED) is 0.735. The summed E-state index contributed by atoms with van der Waals surface area (Å²) in [5.74, 6) is 0.490. The van der Waals surface area contributed by atoms with Crippen LogP contribution in [0.4, 0.5) is 5.82 Å². The second-order valence-electron chi connectivity index (χ2n) is 5.09. The van der Waals surface area contributed by atoms with Crippen LogP contribution in [0.5, 0.6) is 0 Å². The van der Waals surface area contributed by atoms with E-state index in [0.29, 0.717) is 18.1 Å². The molecule has 5 heteroatoms. The normalized spacial score (nSPS) is 10.2. The van der Waals surface area contributed by atoms with Gasteiger partial charge in [0.1, 0.15) is 11.5 Å². The van der Waals surface area contributed by atoms with E-state index in [0.717, 1.165) is 18.5 Å². The number of nitrogens with one attached hydrogen (secondary N) is 2. The van der Waals surface area contributed by atoms with Crippen LogP contribution >= 0.6 is 0 Å². The van der Waals surface area contributed by atoms with Crippen LogP contribution < -0.4 is 10.6 Å². The number of anilines is 1. The highest BCUT2D eigenvalue weighted by molar-refractivity contribution is 5.91.